The van der Waals surface area contributed by atoms with Crippen molar-refractivity contribution >= 4 is 23.3 Å². The summed E-state index contributed by atoms with van der Waals surface area (Å²) in [6.45, 7) is 8.58. The molecule has 0 fully saturated rings. The average Bonchev–Trinajstić information content (AvgIpc) is 3.02. The van der Waals surface area contributed by atoms with E-state index in [0.29, 0.717) is 11.1 Å². The number of hydrogen-bond donors (Lipinski definition) is 1. The number of aromatic hydroxyl groups is 1. The molecule has 2 aromatic carbocycles. The molecule has 3 nitrogen and oxygen atoms in total. The Bertz CT molecular complexity index is 991. The molecule has 0 aliphatic carbocycles. The van der Waals surface area contributed by atoms with Gasteiger partial charge in [0.2, 0.25) is 0 Å². The summed E-state index contributed by atoms with van der Waals surface area (Å²) in [5, 5.41) is 12.4. The fraction of sp³-hybridized carbons (Fsp3) is 0.250. The largest absolute Gasteiger partial charge is 0.506 e. The monoisotopic (exact) mass is 391 g/mol. The SMILES string of the molecule is Cc1ccc(C(=O)CN=Cc2csc(-c3ccc(C(C)(C)C)cc3)c2O)cc1. The van der Waals surface area contributed by atoms with Crippen molar-refractivity contribution in [3.8, 4) is 16.2 Å². The zero-order valence-electron chi connectivity index (χ0n) is 16.7. The third-order valence-electron chi connectivity index (χ3n) is 4.64. The highest BCUT2D eigenvalue weighted by molar-refractivity contribution is 7.14. The maximum atomic E-state index is 12.2. The van der Waals surface area contributed by atoms with Crippen molar-refractivity contribution in [3.05, 3.63) is 76.2 Å². The van der Waals surface area contributed by atoms with Gasteiger partial charge in [0.1, 0.15) is 12.3 Å². The van der Waals surface area contributed by atoms with Gasteiger partial charge in [0.25, 0.3) is 0 Å². The molecule has 0 saturated carbocycles. The van der Waals surface area contributed by atoms with Crippen LogP contribution in [0.15, 0.2) is 58.9 Å². The van der Waals surface area contributed by atoms with Gasteiger partial charge in [0.05, 0.1) is 4.88 Å². The molecule has 0 unspecified atom stereocenters. The number of thiophene rings is 1. The van der Waals surface area contributed by atoms with Crippen LogP contribution in [0.4, 0.5) is 0 Å². The summed E-state index contributed by atoms with van der Waals surface area (Å²) in [6, 6.07) is 15.7. The average molecular weight is 392 g/mol. The normalized spacial score (nSPS) is 11.9. The molecule has 3 aromatic rings. The Kier molecular flexibility index (Phi) is 5.80. The molecule has 0 aliphatic heterocycles. The van der Waals surface area contributed by atoms with E-state index >= 15 is 0 Å². The number of nitrogens with zero attached hydrogens (tertiary/aromatic N) is 1. The Balaban J connectivity index is 1.71. The molecule has 0 saturated heterocycles. The van der Waals surface area contributed by atoms with Gasteiger partial charge < -0.3 is 5.11 Å². The number of rotatable bonds is 5. The number of benzene rings is 2. The first-order chi connectivity index (χ1) is 13.3. The van der Waals surface area contributed by atoms with Crippen LogP contribution in [0.1, 0.15) is 47.8 Å². The van der Waals surface area contributed by atoms with Crippen molar-refractivity contribution in [2.24, 2.45) is 4.99 Å². The lowest BCUT2D eigenvalue weighted by atomic mass is 9.86. The maximum absolute atomic E-state index is 12.2. The number of aliphatic imine (C=N–C) groups is 1. The topological polar surface area (TPSA) is 49.7 Å². The van der Waals surface area contributed by atoms with E-state index < -0.39 is 0 Å². The van der Waals surface area contributed by atoms with E-state index in [4.69, 9.17) is 0 Å². The molecule has 1 N–H and O–H groups in total. The highest BCUT2D eigenvalue weighted by Gasteiger charge is 2.15. The molecule has 0 radical (unpaired) electrons. The molecule has 1 aromatic heterocycles. The summed E-state index contributed by atoms with van der Waals surface area (Å²) < 4.78 is 0. The predicted molar refractivity (Wildman–Crippen MR) is 118 cm³/mol. The quantitative estimate of drug-likeness (QED) is 0.426. The van der Waals surface area contributed by atoms with Crippen LogP contribution in [0.5, 0.6) is 5.75 Å². The maximum Gasteiger partial charge on any atom is 0.184 e. The van der Waals surface area contributed by atoms with Crippen LogP contribution in [0, 0.1) is 6.92 Å². The summed E-state index contributed by atoms with van der Waals surface area (Å²) in [4.78, 5) is 17.2. The van der Waals surface area contributed by atoms with Gasteiger partial charge in [-0.1, -0.05) is 74.9 Å². The predicted octanol–water partition coefficient (Wildman–Crippen LogP) is 6.03. The number of Topliss-reactive ketones (excluding diaryl/α,β-unsaturated/α-hetero) is 1. The third kappa shape index (κ3) is 4.57. The minimum atomic E-state index is -0.0380. The molecule has 0 amide bonds. The smallest absolute Gasteiger partial charge is 0.184 e. The molecule has 0 aliphatic rings. The Morgan fingerprint density at radius 3 is 2.32 bits per heavy atom. The van der Waals surface area contributed by atoms with Gasteiger partial charge in [0.15, 0.2) is 5.78 Å². The molecule has 4 heteroatoms. The second-order valence-electron chi connectivity index (χ2n) is 7.96. The molecule has 0 atom stereocenters. The fourth-order valence-electron chi connectivity index (χ4n) is 2.84. The zero-order chi connectivity index (χ0) is 20.3. The number of hydrogen-bond acceptors (Lipinski definition) is 4. The van der Waals surface area contributed by atoms with Crippen molar-refractivity contribution in [3.63, 3.8) is 0 Å². The van der Waals surface area contributed by atoms with Crippen LogP contribution < -0.4 is 0 Å². The standard InChI is InChI=1S/C24H25NO2S/c1-16-5-7-17(8-6-16)21(26)14-25-13-19-15-28-23(22(19)27)18-9-11-20(12-10-18)24(2,3)4/h5-13,15,27H,14H2,1-4H3. The zero-order valence-corrected chi connectivity index (χ0v) is 17.5. The van der Waals surface area contributed by atoms with Crippen LogP contribution >= 0.6 is 11.3 Å². The minimum Gasteiger partial charge on any atom is -0.506 e. The summed E-state index contributed by atoms with van der Waals surface area (Å²) in [5.74, 6) is 0.170. The first-order valence-corrected chi connectivity index (χ1v) is 10.1. The Morgan fingerprint density at radius 1 is 1.07 bits per heavy atom. The Hall–Kier alpha value is -2.72. The van der Waals surface area contributed by atoms with Crippen LogP contribution in [-0.4, -0.2) is 23.6 Å². The second-order valence-corrected chi connectivity index (χ2v) is 8.83. The summed E-state index contributed by atoms with van der Waals surface area (Å²) in [7, 11) is 0. The van der Waals surface area contributed by atoms with Gasteiger partial charge in [-0.25, -0.2) is 0 Å². The van der Waals surface area contributed by atoms with Gasteiger partial charge in [-0.3, -0.25) is 9.79 Å². The van der Waals surface area contributed by atoms with E-state index in [-0.39, 0.29) is 23.5 Å². The lowest BCUT2D eigenvalue weighted by Gasteiger charge is -2.19. The van der Waals surface area contributed by atoms with E-state index in [9.17, 15) is 9.90 Å². The molecule has 0 spiro atoms. The van der Waals surface area contributed by atoms with Crippen LogP contribution in [0.2, 0.25) is 0 Å². The number of ketones is 1. The van der Waals surface area contributed by atoms with Crippen LogP contribution in [0.25, 0.3) is 10.4 Å². The lowest BCUT2D eigenvalue weighted by Crippen LogP contribution is -2.10. The first-order valence-electron chi connectivity index (χ1n) is 9.27. The molecule has 1 heterocycles. The Labute approximate surface area is 170 Å². The van der Waals surface area contributed by atoms with E-state index in [1.165, 1.54) is 16.9 Å². The summed E-state index contributed by atoms with van der Waals surface area (Å²) in [5.41, 5.74) is 4.73. The summed E-state index contributed by atoms with van der Waals surface area (Å²) in [6.07, 6.45) is 1.57. The van der Waals surface area contributed by atoms with Crippen molar-refractivity contribution in [2.45, 2.75) is 33.1 Å². The van der Waals surface area contributed by atoms with Crippen LogP contribution in [-0.2, 0) is 5.41 Å². The highest BCUT2D eigenvalue weighted by Crippen LogP contribution is 2.38. The number of aryl methyl sites for hydroxylation is 1. The fourth-order valence-corrected chi connectivity index (χ4v) is 3.76. The highest BCUT2D eigenvalue weighted by atomic mass is 32.1. The molecule has 28 heavy (non-hydrogen) atoms. The van der Waals surface area contributed by atoms with E-state index in [1.54, 1.807) is 6.21 Å². The van der Waals surface area contributed by atoms with Gasteiger partial charge in [-0.15, -0.1) is 11.3 Å². The summed E-state index contributed by atoms with van der Waals surface area (Å²) >= 11 is 1.47. The van der Waals surface area contributed by atoms with Crippen molar-refractivity contribution < 1.29 is 9.90 Å². The van der Waals surface area contributed by atoms with E-state index in [2.05, 4.69) is 37.9 Å². The molecule has 144 valence electrons. The molecular weight excluding hydrogens is 366 g/mol. The molecular formula is C24H25NO2S. The van der Waals surface area contributed by atoms with Gasteiger partial charge in [-0.2, -0.15) is 0 Å². The Morgan fingerprint density at radius 2 is 1.71 bits per heavy atom. The van der Waals surface area contributed by atoms with Crippen molar-refractivity contribution in [2.75, 3.05) is 6.54 Å². The van der Waals surface area contributed by atoms with Gasteiger partial charge in [-0.05, 0) is 23.5 Å². The number of carbonyl (C=O) groups excluding carboxylic acids is 1. The van der Waals surface area contributed by atoms with Crippen molar-refractivity contribution in [1.82, 2.24) is 0 Å². The van der Waals surface area contributed by atoms with E-state index in [0.717, 1.165) is 16.0 Å². The molecule has 3 rings (SSSR count). The first kappa shape index (κ1) is 20.0. The van der Waals surface area contributed by atoms with E-state index in [1.807, 2.05) is 48.7 Å². The minimum absolute atomic E-state index is 0.0380. The van der Waals surface area contributed by atoms with Gasteiger partial charge in [0, 0.05) is 22.7 Å². The third-order valence-corrected chi connectivity index (χ3v) is 5.68. The molecule has 0 bridgehead atoms. The van der Waals surface area contributed by atoms with Crippen LogP contribution in [0.3, 0.4) is 0 Å². The van der Waals surface area contributed by atoms with Crippen molar-refractivity contribution in [1.29, 1.82) is 0 Å². The number of carbonyl (C=O) groups is 1. The lowest BCUT2D eigenvalue weighted by molar-refractivity contribution is 0.100. The van der Waals surface area contributed by atoms with Gasteiger partial charge >= 0.3 is 0 Å². The second kappa shape index (κ2) is 8.11.